The van der Waals surface area contributed by atoms with Gasteiger partial charge in [0.15, 0.2) is 0 Å². The van der Waals surface area contributed by atoms with Crippen molar-refractivity contribution in [1.82, 2.24) is 4.98 Å². The van der Waals surface area contributed by atoms with E-state index in [1.807, 2.05) is 0 Å². The number of carbonyl (C=O) groups is 2. The van der Waals surface area contributed by atoms with E-state index in [-0.39, 0.29) is 18.9 Å². The van der Waals surface area contributed by atoms with Crippen LogP contribution in [-0.4, -0.2) is 51.9 Å². The fourth-order valence-electron chi connectivity index (χ4n) is 2.60. The first kappa shape index (κ1) is 21.5. The molecular weight excluding hydrogens is 386 g/mol. The highest BCUT2D eigenvalue weighted by Crippen LogP contribution is 2.21. The molecule has 0 saturated carbocycles. The van der Waals surface area contributed by atoms with Gasteiger partial charge in [-0.2, -0.15) is 0 Å². The number of benzene rings is 1. The highest BCUT2D eigenvalue weighted by atomic mass is 32.2. The Bertz CT molecular complexity index is 964. The van der Waals surface area contributed by atoms with E-state index in [9.17, 15) is 18.0 Å². The number of sulfonamides is 1. The van der Waals surface area contributed by atoms with E-state index in [4.69, 9.17) is 9.47 Å². The molecule has 0 atom stereocenters. The predicted octanol–water partition coefficient (Wildman–Crippen LogP) is 2.06. The van der Waals surface area contributed by atoms with Crippen LogP contribution in [0.1, 0.15) is 32.1 Å². The molecule has 28 heavy (non-hydrogen) atoms. The van der Waals surface area contributed by atoms with Crippen LogP contribution in [0.2, 0.25) is 0 Å². The number of anilines is 2. The minimum atomic E-state index is -3.37. The average Bonchev–Trinajstić information content (AvgIpc) is 2.90. The molecule has 0 aliphatic carbocycles. The number of amides is 1. The first-order valence-electron chi connectivity index (χ1n) is 8.37. The quantitative estimate of drug-likeness (QED) is 0.452. The predicted molar refractivity (Wildman–Crippen MR) is 105 cm³/mol. The Labute approximate surface area is 163 Å². The van der Waals surface area contributed by atoms with Gasteiger partial charge in [-0.1, -0.05) is 0 Å². The molecule has 0 saturated heterocycles. The van der Waals surface area contributed by atoms with E-state index >= 15 is 0 Å². The molecule has 152 valence electrons. The summed E-state index contributed by atoms with van der Waals surface area (Å²) in [7, 11) is -1.87. The van der Waals surface area contributed by atoms with Crippen molar-refractivity contribution in [2.45, 2.75) is 13.8 Å². The molecule has 2 rings (SSSR count). The van der Waals surface area contributed by atoms with E-state index in [2.05, 4.69) is 15.0 Å². The van der Waals surface area contributed by atoms with Crippen LogP contribution in [0.4, 0.5) is 11.4 Å². The maximum atomic E-state index is 12.6. The van der Waals surface area contributed by atoms with Gasteiger partial charge in [0.05, 0.1) is 18.4 Å². The van der Waals surface area contributed by atoms with Crippen LogP contribution in [0.15, 0.2) is 24.3 Å². The number of aryl methyl sites for hydroxylation is 1. The number of methoxy groups -OCH3 is 1. The minimum absolute atomic E-state index is 0.120. The van der Waals surface area contributed by atoms with Crippen molar-refractivity contribution in [3.8, 4) is 0 Å². The van der Waals surface area contributed by atoms with Gasteiger partial charge in [0, 0.05) is 24.2 Å². The number of aromatic nitrogens is 1. The second kappa shape index (κ2) is 8.89. The molecule has 0 unspecified atom stereocenters. The molecule has 1 aromatic carbocycles. The van der Waals surface area contributed by atoms with Gasteiger partial charge in [0.2, 0.25) is 10.0 Å². The summed E-state index contributed by atoms with van der Waals surface area (Å²) in [4.78, 5) is 27.7. The van der Waals surface area contributed by atoms with E-state index in [0.29, 0.717) is 28.2 Å². The van der Waals surface area contributed by atoms with Gasteiger partial charge in [0.25, 0.3) is 5.91 Å². The number of H-pyrrole nitrogens is 1. The summed E-state index contributed by atoms with van der Waals surface area (Å²) in [6, 6.07) is 6.19. The van der Waals surface area contributed by atoms with Crippen molar-refractivity contribution >= 4 is 33.3 Å². The Balaban J connectivity index is 2.12. The normalized spacial score (nSPS) is 11.1. The molecular formula is C18H23N3O6S. The summed E-state index contributed by atoms with van der Waals surface area (Å²) in [6.07, 6.45) is 1.05. The molecule has 1 heterocycles. The van der Waals surface area contributed by atoms with Gasteiger partial charge < -0.3 is 19.8 Å². The van der Waals surface area contributed by atoms with Crippen molar-refractivity contribution in [2.75, 3.05) is 36.6 Å². The lowest BCUT2D eigenvalue weighted by atomic mass is 10.1. The highest BCUT2D eigenvalue weighted by Gasteiger charge is 2.23. The lowest BCUT2D eigenvalue weighted by molar-refractivity contribution is 0.0386. The first-order chi connectivity index (χ1) is 13.1. The number of carbonyl (C=O) groups excluding carboxylic acids is 2. The topological polar surface area (TPSA) is 127 Å². The van der Waals surface area contributed by atoms with Crippen LogP contribution >= 0.6 is 0 Å². The fraction of sp³-hybridized carbons (Fsp3) is 0.333. The number of aromatic amines is 1. The first-order valence-corrected chi connectivity index (χ1v) is 10.3. The van der Waals surface area contributed by atoms with Crippen LogP contribution in [-0.2, 0) is 19.5 Å². The molecule has 2 aromatic rings. The summed E-state index contributed by atoms with van der Waals surface area (Å²) in [6.45, 7) is 3.74. The Hall–Kier alpha value is -2.85. The molecule has 0 spiro atoms. The molecule has 0 aliphatic rings. The highest BCUT2D eigenvalue weighted by molar-refractivity contribution is 7.92. The van der Waals surface area contributed by atoms with Crippen LogP contribution < -0.4 is 10.0 Å². The van der Waals surface area contributed by atoms with E-state index in [1.165, 1.54) is 19.2 Å². The van der Waals surface area contributed by atoms with Gasteiger partial charge in [-0.15, -0.1) is 0 Å². The van der Waals surface area contributed by atoms with Crippen LogP contribution in [0.5, 0.6) is 0 Å². The zero-order valence-electron chi connectivity index (χ0n) is 16.1. The largest absolute Gasteiger partial charge is 0.460 e. The third-order valence-corrected chi connectivity index (χ3v) is 4.44. The molecule has 10 heteroatoms. The number of nitrogens with one attached hydrogen (secondary N) is 3. The average molecular weight is 409 g/mol. The fourth-order valence-corrected chi connectivity index (χ4v) is 3.17. The summed E-state index contributed by atoms with van der Waals surface area (Å²) in [5, 5.41) is 2.70. The number of hydrogen-bond donors (Lipinski definition) is 3. The SMILES string of the molecule is COCCOC(=O)c1c(C)[nH]c(C(=O)Nc2ccc(NS(C)(=O)=O)cc2)c1C. The molecule has 0 radical (unpaired) electrons. The lowest BCUT2D eigenvalue weighted by Crippen LogP contribution is -2.15. The number of rotatable bonds is 8. The van der Waals surface area contributed by atoms with Crippen LogP contribution in [0, 0.1) is 13.8 Å². The third-order valence-electron chi connectivity index (χ3n) is 3.84. The Morgan fingerprint density at radius 1 is 1.07 bits per heavy atom. The van der Waals surface area contributed by atoms with Gasteiger partial charge in [0.1, 0.15) is 12.3 Å². The molecule has 9 nitrogen and oxygen atoms in total. The third kappa shape index (κ3) is 5.57. The van der Waals surface area contributed by atoms with E-state index in [0.717, 1.165) is 6.26 Å². The Kier molecular flexibility index (Phi) is 6.81. The van der Waals surface area contributed by atoms with Gasteiger partial charge in [-0.05, 0) is 43.7 Å². The minimum Gasteiger partial charge on any atom is -0.460 e. The molecule has 1 aromatic heterocycles. The maximum Gasteiger partial charge on any atom is 0.340 e. The number of esters is 1. The van der Waals surface area contributed by atoms with Crippen molar-refractivity contribution in [2.24, 2.45) is 0 Å². The summed E-state index contributed by atoms with van der Waals surface area (Å²) in [5.74, 6) is -0.959. The zero-order valence-corrected chi connectivity index (χ0v) is 16.9. The van der Waals surface area contributed by atoms with Gasteiger partial charge in [-0.25, -0.2) is 13.2 Å². The zero-order chi connectivity index (χ0) is 20.9. The lowest BCUT2D eigenvalue weighted by Gasteiger charge is -2.08. The van der Waals surface area contributed by atoms with Gasteiger partial charge >= 0.3 is 5.97 Å². The van der Waals surface area contributed by atoms with Crippen LogP contribution in [0.25, 0.3) is 0 Å². The van der Waals surface area contributed by atoms with Crippen molar-refractivity contribution in [1.29, 1.82) is 0 Å². The standard InChI is InChI=1S/C18H23N3O6S/c1-11-15(18(23)27-10-9-26-3)12(2)19-16(11)17(22)20-13-5-7-14(8-6-13)21-28(4,24)25/h5-8,19,21H,9-10H2,1-4H3,(H,20,22). The molecule has 0 fully saturated rings. The summed E-state index contributed by atoms with van der Waals surface area (Å²) in [5.41, 5.74) is 2.42. The number of hydrogen-bond acceptors (Lipinski definition) is 6. The summed E-state index contributed by atoms with van der Waals surface area (Å²) >= 11 is 0. The van der Waals surface area contributed by atoms with E-state index < -0.39 is 21.9 Å². The second-order valence-electron chi connectivity index (χ2n) is 6.16. The van der Waals surface area contributed by atoms with Crippen molar-refractivity contribution in [3.05, 3.63) is 46.8 Å². The Morgan fingerprint density at radius 3 is 2.25 bits per heavy atom. The Morgan fingerprint density at radius 2 is 1.68 bits per heavy atom. The van der Waals surface area contributed by atoms with Crippen LogP contribution in [0.3, 0.4) is 0 Å². The van der Waals surface area contributed by atoms with Crippen molar-refractivity contribution in [3.63, 3.8) is 0 Å². The molecule has 3 N–H and O–H groups in total. The smallest absolute Gasteiger partial charge is 0.340 e. The summed E-state index contributed by atoms with van der Waals surface area (Å²) < 4.78 is 34.8. The monoisotopic (exact) mass is 409 g/mol. The molecule has 1 amide bonds. The van der Waals surface area contributed by atoms with Gasteiger partial charge in [-0.3, -0.25) is 9.52 Å². The maximum absolute atomic E-state index is 12.6. The van der Waals surface area contributed by atoms with E-state index in [1.54, 1.807) is 26.0 Å². The molecule has 0 bridgehead atoms. The van der Waals surface area contributed by atoms with Crippen molar-refractivity contribution < 1.29 is 27.5 Å². The second-order valence-corrected chi connectivity index (χ2v) is 7.91. The molecule has 0 aliphatic heterocycles. The number of ether oxygens (including phenoxy) is 2.